The van der Waals surface area contributed by atoms with Crippen LogP contribution in [0.2, 0.25) is 0 Å². The standard InChI is InChI=1S/C20H41N3O3.HI/c1-3-21-20(23-14-10-15-25-18-17-24-2)22-13-8-5-9-16-26-19-11-6-4-7-12-19;/h19H,3-18H2,1-2H3,(H2,21,22,23);1H. The van der Waals surface area contributed by atoms with Crippen LogP contribution in [0.5, 0.6) is 0 Å². The van der Waals surface area contributed by atoms with Crippen LogP contribution in [0.25, 0.3) is 0 Å². The molecule has 0 amide bonds. The Balaban J connectivity index is 0.00000676. The Morgan fingerprint density at radius 2 is 1.74 bits per heavy atom. The summed E-state index contributed by atoms with van der Waals surface area (Å²) in [5.41, 5.74) is 0. The number of rotatable bonds is 15. The molecule has 0 radical (unpaired) electrons. The second kappa shape index (κ2) is 20.6. The number of hydrogen-bond acceptors (Lipinski definition) is 4. The fourth-order valence-corrected chi connectivity index (χ4v) is 3.04. The number of nitrogens with zero attached hydrogens (tertiary/aromatic N) is 1. The van der Waals surface area contributed by atoms with Crippen LogP contribution >= 0.6 is 24.0 Å². The third-order valence-corrected chi connectivity index (χ3v) is 4.51. The summed E-state index contributed by atoms with van der Waals surface area (Å²) in [7, 11) is 1.69. The molecule has 6 nitrogen and oxygen atoms in total. The lowest BCUT2D eigenvalue weighted by Gasteiger charge is -2.21. The first-order valence-electron chi connectivity index (χ1n) is 10.6. The lowest BCUT2D eigenvalue weighted by Crippen LogP contribution is -2.37. The van der Waals surface area contributed by atoms with Crippen LogP contribution < -0.4 is 10.6 Å². The Hall–Kier alpha value is -0.120. The molecule has 1 rings (SSSR count). The van der Waals surface area contributed by atoms with Gasteiger partial charge in [-0.25, -0.2) is 0 Å². The van der Waals surface area contributed by atoms with E-state index in [1.807, 2.05) is 0 Å². The van der Waals surface area contributed by atoms with Crippen LogP contribution in [0.3, 0.4) is 0 Å². The smallest absolute Gasteiger partial charge is 0.191 e. The first-order chi connectivity index (χ1) is 12.9. The molecule has 0 atom stereocenters. The molecule has 1 saturated carbocycles. The minimum absolute atomic E-state index is 0. The fourth-order valence-electron chi connectivity index (χ4n) is 3.04. The van der Waals surface area contributed by atoms with E-state index >= 15 is 0 Å². The Labute approximate surface area is 183 Å². The maximum Gasteiger partial charge on any atom is 0.191 e. The number of methoxy groups -OCH3 is 1. The van der Waals surface area contributed by atoms with Gasteiger partial charge in [-0.1, -0.05) is 19.3 Å². The maximum absolute atomic E-state index is 5.97. The highest BCUT2D eigenvalue weighted by atomic mass is 127. The number of aliphatic imine (C=N–C) groups is 1. The van der Waals surface area contributed by atoms with E-state index < -0.39 is 0 Å². The van der Waals surface area contributed by atoms with E-state index in [0.29, 0.717) is 19.3 Å². The Kier molecular flexibility index (Phi) is 20.5. The zero-order valence-electron chi connectivity index (χ0n) is 17.5. The van der Waals surface area contributed by atoms with Crippen LogP contribution in [0, 0.1) is 0 Å². The topological polar surface area (TPSA) is 64.1 Å². The summed E-state index contributed by atoms with van der Waals surface area (Å²) in [6.07, 6.45) is 11.6. The SMILES string of the molecule is CCNC(=NCCCOCCOC)NCCCCCOC1CCCCC1.I. The zero-order valence-corrected chi connectivity index (χ0v) is 19.8. The summed E-state index contributed by atoms with van der Waals surface area (Å²) in [4.78, 5) is 4.58. The molecule has 0 heterocycles. The highest BCUT2D eigenvalue weighted by molar-refractivity contribution is 14.0. The van der Waals surface area contributed by atoms with Crippen LogP contribution in [-0.4, -0.2) is 65.2 Å². The molecule has 0 aromatic carbocycles. The third kappa shape index (κ3) is 16.5. The van der Waals surface area contributed by atoms with Gasteiger partial charge in [0.25, 0.3) is 0 Å². The van der Waals surface area contributed by atoms with Crippen molar-refractivity contribution in [2.24, 2.45) is 4.99 Å². The van der Waals surface area contributed by atoms with Crippen molar-refractivity contribution in [2.75, 3.05) is 53.2 Å². The van der Waals surface area contributed by atoms with E-state index in [2.05, 4.69) is 22.5 Å². The molecule has 0 unspecified atom stereocenters. The van der Waals surface area contributed by atoms with Gasteiger partial charge in [0.05, 0.1) is 19.3 Å². The van der Waals surface area contributed by atoms with Gasteiger partial charge in [-0.2, -0.15) is 0 Å². The molecule has 0 aromatic heterocycles. The molecular formula is C20H42IN3O3. The Morgan fingerprint density at radius 1 is 0.926 bits per heavy atom. The summed E-state index contributed by atoms with van der Waals surface area (Å²) >= 11 is 0. The van der Waals surface area contributed by atoms with E-state index in [0.717, 1.165) is 58.1 Å². The molecule has 1 aliphatic carbocycles. The van der Waals surface area contributed by atoms with Crippen molar-refractivity contribution in [1.82, 2.24) is 10.6 Å². The van der Waals surface area contributed by atoms with Gasteiger partial charge in [0.2, 0.25) is 0 Å². The number of ether oxygens (including phenoxy) is 3. The van der Waals surface area contributed by atoms with Crippen LogP contribution in [0.1, 0.15) is 64.7 Å². The molecule has 27 heavy (non-hydrogen) atoms. The lowest BCUT2D eigenvalue weighted by atomic mass is 9.98. The quantitative estimate of drug-likeness (QED) is 0.156. The Morgan fingerprint density at radius 3 is 2.48 bits per heavy atom. The first kappa shape index (κ1) is 26.9. The van der Waals surface area contributed by atoms with Gasteiger partial charge in [-0.3, -0.25) is 4.99 Å². The van der Waals surface area contributed by atoms with Gasteiger partial charge < -0.3 is 24.8 Å². The first-order valence-corrected chi connectivity index (χ1v) is 10.6. The van der Waals surface area contributed by atoms with Gasteiger partial charge in [-0.05, 0) is 45.4 Å². The highest BCUT2D eigenvalue weighted by Gasteiger charge is 2.12. The summed E-state index contributed by atoms with van der Waals surface area (Å²) in [6, 6.07) is 0. The normalized spacial score (nSPS) is 15.4. The van der Waals surface area contributed by atoms with E-state index in [1.165, 1.54) is 38.5 Å². The number of guanidine groups is 1. The molecule has 7 heteroatoms. The van der Waals surface area contributed by atoms with Crippen molar-refractivity contribution in [1.29, 1.82) is 0 Å². The van der Waals surface area contributed by atoms with E-state index in [1.54, 1.807) is 7.11 Å². The molecular weight excluding hydrogens is 457 g/mol. The molecule has 1 aliphatic rings. The largest absolute Gasteiger partial charge is 0.382 e. The molecule has 0 spiro atoms. The molecule has 0 aliphatic heterocycles. The lowest BCUT2D eigenvalue weighted by molar-refractivity contribution is 0.0264. The van der Waals surface area contributed by atoms with E-state index in [9.17, 15) is 0 Å². The van der Waals surface area contributed by atoms with Crippen molar-refractivity contribution < 1.29 is 14.2 Å². The van der Waals surface area contributed by atoms with Gasteiger partial charge in [0, 0.05) is 40.0 Å². The van der Waals surface area contributed by atoms with E-state index in [-0.39, 0.29) is 24.0 Å². The number of halogens is 1. The van der Waals surface area contributed by atoms with Crippen molar-refractivity contribution in [3.8, 4) is 0 Å². The second-order valence-corrected chi connectivity index (χ2v) is 6.84. The van der Waals surface area contributed by atoms with Crippen LogP contribution in [0.15, 0.2) is 4.99 Å². The number of hydrogen-bond donors (Lipinski definition) is 2. The average molecular weight is 499 g/mol. The van der Waals surface area contributed by atoms with Crippen molar-refractivity contribution in [3.05, 3.63) is 0 Å². The monoisotopic (exact) mass is 499 g/mol. The van der Waals surface area contributed by atoms with Gasteiger partial charge in [-0.15, -0.1) is 24.0 Å². The summed E-state index contributed by atoms with van der Waals surface area (Å²) < 4.78 is 16.4. The van der Waals surface area contributed by atoms with Gasteiger partial charge in [0.15, 0.2) is 5.96 Å². The average Bonchev–Trinajstić information content (AvgIpc) is 2.67. The second-order valence-electron chi connectivity index (χ2n) is 6.84. The predicted molar refractivity (Wildman–Crippen MR) is 123 cm³/mol. The molecule has 0 bridgehead atoms. The molecule has 162 valence electrons. The fraction of sp³-hybridized carbons (Fsp3) is 0.950. The minimum Gasteiger partial charge on any atom is -0.382 e. The van der Waals surface area contributed by atoms with E-state index in [4.69, 9.17) is 14.2 Å². The molecule has 0 aromatic rings. The number of unbranched alkanes of at least 4 members (excludes halogenated alkanes) is 2. The van der Waals surface area contributed by atoms with Crippen molar-refractivity contribution in [2.45, 2.75) is 70.8 Å². The van der Waals surface area contributed by atoms with Crippen LogP contribution in [0.4, 0.5) is 0 Å². The highest BCUT2D eigenvalue weighted by Crippen LogP contribution is 2.20. The van der Waals surface area contributed by atoms with Crippen molar-refractivity contribution >= 4 is 29.9 Å². The van der Waals surface area contributed by atoms with Gasteiger partial charge >= 0.3 is 0 Å². The maximum atomic E-state index is 5.97. The molecule has 0 saturated heterocycles. The summed E-state index contributed by atoms with van der Waals surface area (Å²) in [5, 5.41) is 6.70. The predicted octanol–water partition coefficient (Wildman–Crippen LogP) is 3.73. The molecule has 1 fully saturated rings. The van der Waals surface area contributed by atoms with Gasteiger partial charge in [0.1, 0.15) is 0 Å². The number of nitrogens with one attached hydrogen (secondary N) is 2. The van der Waals surface area contributed by atoms with Crippen molar-refractivity contribution in [3.63, 3.8) is 0 Å². The third-order valence-electron chi connectivity index (χ3n) is 4.51. The zero-order chi connectivity index (χ0) is 18.7. The minimum atomic E-state index is 0. The van der Waals surface area contributed by atoms with Crippen LogP contribution in [-0.2, 0) is 14.2 Å². The molecule has 2 N–H and O–H groups in total. The summed E-state index contributed by atoms with van der Waals surface area (Å²) in [5.74, 6) is 0.905. The Bertz CT molecular complexity index is 340. The summed E-state index contributed by atoms with van der Waals surface area (Å²) in [6.45, 7) is 7.66.